The molecule has 0 saturated carbocycles. The van der Waals surface area contributed by atoms with Crippen LogP contribution in [0.3, 0.4) is 0 Å². The van der Waals surface area contributed by atoms with Crippen molar-refractivity contribution in [1.82, 2.24) is 10.9 Å². The lowest BCUT2D eigenvalue weighted by atomic mass is 10.0. The molecule has 114 valence electrons. The van der Waals surface area contributed by atoms with Crippen molar-refractivity contribution in [3.8, 4) is 0 Å². The number of nitrogens with one attached hydrogen (secondary N) is 3. The second-order valence-corrected chi connectivity index (χ2v) is 5.59. The normalized spacial score (nSPS) is 20.8. The van der Waals surface area contributed by atoms with Gasteiger partial charge in [0.15, 0.2) is 0 Å². The Bertz CT molecular complexity index is 677. The van der Waals surface area contributed by atoms with E-state index in [4.69, 9.17) is 11.6 Å². The van der Waals surface area contributed by atoms with Crippen molar-refractivity contribution in [2.24, 2.45) is 0 Å². The van der Waals surface area contributed by atoms with Gasteiger partial charge in [-0.25, -0.2) is 15.2 Å². The van der Waals surface area contributed by atoms with E-state index in [1.807, 2.05) is 24.3 Å². The predicted octanol–water partition coefficient (Wildman–Crippen LogP) is 3.03. The second-order valence-electron chi connectivity index (χ2n) is 5.15. The number of hydrazine groups is 1. The van der Waals surface area contributed by atoms with Crippen LogP contribution in [0.15, 0.2) is 48.5 Å². The van der Waals surface area contributed by atoms with E-state index in [0.29, 0.717) is 11.4 Å². The van der Waals surface area contributed by atoms with Gasteiger partial charge in [-0.1, -0.05) is 35.9 Å². The van der Waals surface area contributed by atoms with Crippen molar-refractivity contribution in [3.05, 3.63) is 64.9 Å². The van der Waals surface area contributed by atoms with Crippen LogP contribution in [0.1, 0.15) is 18.0 Å². The Morgan fingerprint density at radius 1 is 1.14 bits per heavy atom. The fourth-order valence-corrected chi connectivity index (χ4v) is 2.55. The third-order valence-electron chi connectivity index (χ3n) is 3.62. The summed E-state index contributed by atoms with van der Waals surface area (Å²) in [7, 11) is 0. The average molecular weight is 320 g/mol. The first kappa shape index (κ1) is 15.0. The molecule has 0 aromatic heterocycles. The molecule has 4 nitrogen and oxygen atoms in total. The molecule has 3 rings (SSSR count). The van der Waals surface area contributed by atoms with Crippen molar-refractivity contribution in [1.29, 1.82) is 0 Å². The maximum atomic E-state index is 13.6. The number of rotatable bonds is 3. The number of carbonyl (C=O) groups is 1. The number of hydrogen-bond acceptors (Lipinski definition) is 3. The minimum absolute atomic E-state index is 0.00800. The molecule has 1 saturated heterocycles. The Morgan fingerprint density at radius 2 is 1.86 bits per heavy atom. The Balaban J connectivity index is 1.64. The molecule has 1 aliphatic heterocycles. The molecule has 0 spiro atoms. The van der Waals surface area contributed by atoms with Crippen molar-refractivity contribution in [2.45, 2.75) is 18.5 Å². The van der Waals surface area contributed by atoms with Crippen LogP contribution < -0.4 is 16.2 Å². The Morgan fingerprint density at radius 3 is 2.59 bits per heavy atom. The number of hydrogen-bond donors (Lipinski definition) is 3. The lowest BCUT2D eigenvalue weighted by molar-refractivity contribution is -0.117. The molecule has 6 heteroatoms. The minimum Gasteiger partial charge on any atom is -0.322 e. The quantitative estimate of drug-likeness (QED) is 0.815. The van der Waals surface area contributed by atoms with Crippen LogP contribution in [0.25, 0.3) is 0 Å². The second kappa shape index (κ2) is 6.44. The standard InChI is InChI=1S/C16H15ClFN3O/c17-11-7-5-10(6-8-11)14-9-15(21-20-14)16(22)19-13-4-2-1-3-12(13)18/h1-8,14-15,20-21H,9H2,(H,19,22). The van der Waals surface area contributed by atoms with Crippen molar-refractivity contribution in [3.63, 3.8) is 0 Å². The maximum absolute atomic E-state index is 13.6. The van der Waals surface area contributed by atoms with Gasteiger partial charge in [-0.2, -0.15) is 0 Å². The zero-order valence-electron chi connectivity index (χ0n) is 11.6. The Labute approximate surface area is 132 Å². The number of amides is 1. The molecule has 1 fully saturated rings. The predicted molar refractivity (Wildman–Crippen MR) is 83.9 cm³/mol. The highest BCUT2D eigenvalue weighted by atomic mass is 35.5. The molecule has 0 radical (unpaired) electrons. The highest BCUT2D eigenvalue weighted by Crippen LogP contribution is 2.24. The monoisotopic (exact) mass is 319 g/mol. The third kappa shape index (κ3) is 3.27. The molecule has 22 heavy (non-hydrogen) atoms. The minimum atomic E-state index is -0.448. The SMILES string of the molecule is O=C(Nc1ccccc1F)C1CC(c2ccc(Cl)cc2)NN1. The van der Waals surface area contributed by atoms with E-state index in [1.54, 1.807) is 12.1 Å². The first-order chi connectivity index (χ1) is 10.6. The Hall–Kier alpha value is -1.95. The summed E-state index contributed by atoms with van der Waals surface area (Å²) in [6.45, 7) is 0. The third-order valence-corrected chi connectivity index (χ3v) is 3.88. The largest absolute Gasteiger partial charge is 0.322 e. The van der Waals surface area contributed by atoms with Gasteiger partial charge in [-0.05, 0) is 36.2 Å². The summed E-state index contributed by atoms with van der Waals surface area (Å²) in [6, 6.07) is 13.1. The summed E-state index contributed by atoms with van der Waals surface area (Å²) < 4.78 is 13.6. The lowest BCUT2D eigenvalue weighted by Crippen LogP contribution is -2.39. The Kier molecular flexibility index (Phi) is 4.38. The van der Waals surface area contributed by atoms with Gasteiger partial charge >= 0.3 is 0 Å². The molecule has 2 atom stereocenters. The lowest BCUT2D eigenvalue weighted by Gasteiger charge is -2.11. The smallest absolute Gasteiger partial charge is 0.243 e. The summed E-state index contributed by atoms with van der Waals surface area (Å²) in [5.41, 5.74) is 7.24. The molecular formula is C16H15ClFN3O. The number of halogens is 2. The highest BCUT2D eigenvalue weighted by Gasteiger charge is 2.30. The number of anilines is 1. The van der Waals surface area contributed by atoms with Crippen LogP contribution in [0.5, 0.6) is 0 Å². The molecule has 0 aliphatic carbocycles. The van der Waals surface area contributed by atoms with Gasteiger partial charge in [-0.3, -0.25) is 4.79 Å². The molecule has 1 heterocycles. The molecule has 1 aliphatic rings. The summed E-state index contributed by atoms with van der Waals surface area (Å²) >= 11 is 5.87. The van der Waals surface area contributed by atoms with Gasteiger partial charge in [0, 0.05) is 11.1 Å². The molecule has 3 N–H and O–H groups in total. The van der Waals surface area contributed by atoms with E-state index < -0.39 is 11.9 Å². The van der Waals surface area contributed by atoms with E-state index in [0.717, 1.165) is 5.56 Å². The highest BCUT2D eigenvalue weighted by molar-refractivity contribution is 6.30. The summed E-state index contributed by atoms with van der Waals surface area (Å²) in [5, 5.41) is 3.27. The van der Waals surface area contributed by atoms with Gasteiger partial charge in [0.2, 0.25) is 5.91 Å². The van der Waals surface area contributed by atoms with Crippen molar-refractivity contribution < 1.29 is 9.18 Å². The van der Waals surface area contributed by atoms with Crippen LogP contribution in [-0.4, -0.2) is 11.9 Å². The zero-order chi connectivity index (χ0) is 15.5. The molecule has 2 unspecified atom stereocenters. The first-order valence-corrected chi connectivity index (χ1v) is 7.33. The molecule has 1 amide bonds. The number of para-hydroxylation sites is 1. The first-order valence-electron chi connectivity index (χ1n) is 6.95. The fraction of sp³-hybridized carbons (Fsp3) is 0.188. The van der Waals surface area contributed by atoms with E-state index in [2.05, 4.69) is 16.2 Å². The van der Waals surface area contributed by atoms with Crippen LogP contribution >= 0.6 is 11.6 Å². The van der Waals surface area contributed by atoms with Gasteiger partial charge in [0.1, 0.15) is 11.9 Å². The van der Waals surface area contributed by atoms with Gasteiger partial charge in [0.05, 0.1) is 5.69 Å². The van der Waals surface area contributed by atoms with Crippen LogP contribution in [0.4, 0.5) is 10.1 Å². The molecular weight excluding hydrogens is 305 g/mol. The summed E-state index contributed by atoms with van der Waals surface area (Å²) in [4.78, 5) is 12.2. The van der Waals surface area contributed by atoms with Gasteiger partial charge < -0.3 is 5.32 Å². The fourth-order valence-electron chi connectivity index (χ4n) is 2.42. The number of benzene rings is 2. The zero-order valence-corrected chi connectivity index (χ0v) is 12.4. The van der Waals surface area contributed by atoms with E-state index in [-0.39, 0.29) is 17.6 Å². The van der Waals surface area contributed by atoms with Crippen molar-refractivity contribution in [2.75, 3.05) is 5.32 Å². The van der Waals surface area contributed by atoms with Crippen molar-refractivity contribution >= 4 is 23.2 Å². The molecule has 0 bridgehead atoms. The maximum Gasteiger partial charge on any atom is 0.243 e. The topological polar surface area (TPSA) is 53.2 Å². The average Bonchev–Trinajstić information content (AvgIpc) is 3.00. The molecule has 2 aromatic carbocycles. The summed E-state index contributed by atoms with van der Waals surface area (Å²) in [6.07, 6.45) is 0.571. The molecule has 2 aromatic rings. The van der Waals surface area contributed by atoms with Gasteiger partial charge in [-0.15, -0.1) is 0 Å². The van der Waals surface area contributed by atoms with Gasteiger partial charge in [0.25, 0.3) is 0 Å². The summed E-state index contributed by atoms with van der Waals surface area (Å²) in [5.74, 6) is -0.717. The van der Waals surface area contributed by atoms with Crippen LogP contribution in [-0.2, 0) is 4.79 Å². The number of carbonyl (C=O) groups excluding carboxylic acids is 1. The van der Waals surface area contributed by atoms with E-state index in [1.165, 1.54) is 12.1 Å². The van der Waals surface area contributed by atoms with Crippen LogP contribution in [0.2, 0.25) is 5.02 Å². The van der Waals surface area contributed by atoms with E-state index in [9.17, 15) is 9.18 Å². The van der Waals surface area contributed by atoms with Crippen LogP contribution in [0, 0.1) is 5.82 Å². The van der Waals surface area contributed by atoms with E-state index >= 15 is 0 Å².